The Labute approximate surface area is 122 Å². The predicted octanol–water partition coefficient (Wildman–Crippen LogP) is 2.57. The first-order valence-corrected chi connectivity index (χ1v) is 7.80. The lowest BCUT2D eigenvalue weighted by atomic mass is 10.0. The predicted molar refractivity (Wildman–Crippen MR) is 81.8 cm³/mol. The second-order valence-corrected chi connectivity index (χ2v) is 6.48. The van der Waals surface area contributed by atoms with Crippen LogP contribution in [0.1, 0.15) is 30.8 Å². The first-order chi connectivity index (χ1) is 9.63. The lowest BCUT2D eigenvalue weighted by molar-refractivity contribution is -0.132. The van der Waals surface area contributed by atoms with E-state index in [1.807, 2.05) is 24.1 Å². The molecule has 2 aromatic rings. The molecular formula is C15H19N3OS. The van der Waals surface area contributed by atoms with Crippen molar-refractivity contribution in [1.82, 2.24) is 15.2 Å². The smallest absolute Gasteiger partial charge is 0.222 e. The van der Waals surface area contributed by atoms with E-state index in [4.69, 9.17) is 0 Å². The summed E-state index contributed by atoms with van der Waals surface area (Å²) in [6.07, 6.45) is 1.55. The molecule has 1 amide bonds. The van der Waals surface area contributed by atoms with Gasteiger partial charge in [0.1, 0.15) is 5.01 Å². The molecule has 1 N–H and O–H groups in total. The molecule has 1 aromatic heterocycles. The standard InChI is InChI=1S/C15H19N3OS/c1-10(16-11-7-8-14(19)18(2)9-11)15-17-12-5-3-4-6-13(12)20-15/h3-6,10-11,16H,7-9H2,1-2H3. The number of hydrogen-bond donors (Lipinski definition) is 1. The summed E-state index contributed by atoms with van der Waals surface area (Å²) in [4.78, 5) is 18.0. The van der Waals surface area contributed by atoms with E-state index in [0.717, 1.165) is 23.5 Å². The molecule has 106 valence electrons. The van der Waals surface area contributed by atoms with Gasteiger partial charge in [0.15, 0.2) is 0 Å². The van der Waals surface area contributed by atoms with Gasteiger partial charge in [0.2, 0.25) is 5.91 Å². The monoisotopic (exact) mass is 289 g/mol. The Kier molecular flexibility index (Phi) is 3.72. The molecule has 1 fully saturated rings. The highest BCUT2D eigenvalue weighted by atomic mass is 32.1. The summed E-state index contributed by atoms with van der Waals surface area (Å²) in [6.45, 7) is 2.93. The van der Waals surface area contributed by atoms with Crippen LogP contribution in [0.15, 0.2) is 24.3 Å². The van der Waals surface area contributed by atoms with Crippen LogP contribution in [0.2, 0.25) is 0 Å². The zero-order valence-electron chi connectivity index (χ0n) is 11.8. The number of aromatic nitrogens is 1. The number of hydrogen-bond acceptors (Lipinski definition) is 4. The third-order valence-electron chi connectivity index (χ3n) is 3.79. The van der Waals surface area contributed by atoms with Crippen LogP contribution in [0.4, 0.5) is 0 Å². The van der Waals surface area contributed by atoms with Crippen molar-refractivity contribution in [1.29, 1.82) is 0 Å². The summed E-state index contributed by atoms with van der Waals surface area (Å²) >= 11 is 1.74. The maximum Gasteiger partial charge on any atom is 0.222 e. The molecule has 3 rings (SSSR count). The molecule has 4 nitrogen and oxygen atoms in total. The Balaban J connectivity index is 1.69. The van der Waals surface area contributed by atoms with Gasteiger partial charge < -0.3 is 10.2 Å². The van der Waals surface area contributed by atoms with Gasteiger partial charge in [-0.05, 0) is 25.5 Å². The minimum absolute atomic E-state index is 0.221. The molecule has 0 aliphatic carbocycles. The van der Waals surface area contributed by atoms with Crippen LogP contribution in [-0.4, -0.2) is 35.4 Å². The fraction of sp³-hybridized carbons (Fsp3) is 0.467. The van der Waals surface area contributed by atoms with Crippen LogP contribution >= 0.6 is 11.3 Å². The van der Waals surface area contributed by atoms with Gasteiger partial charge in [-0.2, -0.15) is 0 Å². The molecule has 1 saturated heterocycles. The lowest BCUT2D eigenvalue weighted by Crippen LogP contribution is -2.47. The summed E-state index contributed by atoms with van der Waals surface area (Å²) < 4.78 is 1.23. The molecule has 1 aromatic carbocycles. The van der Waals surface area contributed by atoms with Crippen LogP contribution < -0.4 is 5.32 Å². The molecule has 2 unspecified atom stereocenters. The largest absolute Gasteiger partial charge is 0.344 e. The van der Waals surface area contributed by atoms with Gasteiger partial charge in [0.05, 0.1) is 16.3 Å². The topological polar surface area (TPSA) is 45.2 Å². The van der Waals surface area contributed by atoms with E-state index in [2.05, 4.69) is 29.4 Å². The molecule has 0 saturated carbocycles. The molecule has 1 aliphatic rings. The van der Waals surface area contributed by atoms with E-state index >= 15 is 0 Å². The summed E-state index contributed by atoms with van der Waals surface area (Å²) in [6, 6.07) is 8.81. The van der Waals surface area contributed by atoms with Crippen molar-refractivity contribution in [3.63, 3.8) is 0 Å². The van der Waals surface area contributed by atoms with Crippen LogP contribution in [0.25, 0.3) is 10.2 Å². The highest BCUT2D eigenvalue weighted by Crippen LogP contribution is 2.26. The van der Waals surface area contributed by atoms with Gasteiger partial charge in [0, 0.05) is 26.1 Å². The Bertz CT molecular complexity index is 591. The van der Waals surface area contributed by atoms with Crippen LogP contribution in [0.3, 0.4) is 0 Å². The van der Waals surface area contributed by atoms with Crippen molar-refractivity contribution in [3.05, 3.63) is 29.3 Å². The average Bonchev–Trinajstić information content (AvgIpc) is 2.87. The number of rotatable bonds is 3. The van der Waals surface area contributed by atoms with E-state index in [1.165, 1.54) is 4.70 Å². The van der Waals surface area contributed by atoms with Gasteiger partial charge >= 0.3 is 0 Å². The number of benzene rings is 1. The number of para-hydroxylation sites is 1. The van der Waals surface area contributed by atoms with E-state index < -0.39 is 0 Å². The number of likely N-dealkylation sites (tertiary alicyclic amines) is 1. The molecule has 0 radical (unpaired) electrons. The highest BCUT2D eigenvalue weighted by Gasteiger charge is 2.24. The van der Waals surface area contributed by atoms with E-state index in [9.17, 15) is 4.79 Å². The van der Waals surface area contributed by atoms with Crippen LogP contribution in [-0.2, 0) is 4.79 Å². The lowest BCUT2D eigenvalue weighted by Gasteiger charge is -2.31. The Morgan fingerprint density at radius 3 is 3.00 bits per heavy atom. The van der Waals surface area contributed by atoms with E-state index in [-0.39, 0.29) is 11.9 Å². The molecule has 0 spiro atoms. The summed E-state index contributed by atoms with van der Waals surface area (Å²) in [5.74, 6) is 0.246. The summed E-state index contributed by atoms with van der Waals surface area (Å²) in [5.41, 5.74) is 1.07. The Hall–Kier alpha value is -1.46. The zero-order valence-corrected chi connectivity index (χ0v) is 12.6. The van der Waals surface area contributed by atoms with Gasteiger partial charge in [-0.25, -0.2) is 4.98 Å². The Morgan fingerprint density at radius 1 is 1.45 bits per heavy atom. The molecule has 20 heavy (non-hydrogen) atoms. The van der Waals surface area contributed by atoms with E-state index in [1.54, 1.807) is 11.3 Å². The van der Waals surface area contributed by atoms with Gasteiger partial charge in [-0.15, -0.1) is 11.3 Å². The quantitative estimate of drug-likeness (QED) is 0.944. The molecule has 2 atom stereocenters. The second-order valence-electron chi connectivity index (χ2n) is 5.42. The normalized spacial score (nSPS) is 21.4. The number of amides is 1. The van der Waals surface area contributed by atoms with Crippen LogP contribution in [0, 0.1) is 0 Å². The van der Waals surface area contributed by atoms with Crippen molar-refractivity contribution < 1.29 is 4.79 Å². The number of piperidine rings is 1. The first-order valence-electron chi connectivity index (χ1n) is 6.99. The minimum atomic E-state index is 0.221. The number of thiazole rings is 1. The fourth-order valence-electron chi connectivity index (χ4n) is 2.65. The second kappa shape index (κ2) is 5.50. The number of fused-ring (bicyclic) bond motifs is 1. The number of nitrogens with zero attached hydrogens (tertiary/aromatic N) is 2. The molecule has 0 bridgehead atoms. The minimum Gasteiger partial charge on any atom is -0.344 e. The van der Waals surface area contributed by atoms with Crippen molar-refractivity contribution in [2.45, 2.75) is 31.8 Å². The summed E-state index contributed by atoms with van der Waals surface area (Å²) in [5, 5.41) is 4.72. The van der Waals surface area contributed by atoms with Gasteiger partial charge in [-0.1, -0.05) is 12.1 Å². The van der Waals surface area contributed by atoms with Crippen molar-refractivity contribution in [3.8, 4) is 0 Å². The average molecular weight is 289 g/mol. The molecule has 2 heterocycles. The molecule has 5 heteroatoms. The molecular weight excluding hydrogens is 270 g/mol. The number of carbonyl (C=O) groups is 1. The third kappa shape index (κ3) is 2.69. The fourth-order valence-corrected chi connectivity index (χ4v) is 3.63. The maximum atomic E-state index is 11.5. The highest BCUT2D eigenvalue weighted by molar-refractivity contribution is 7.18. The third-order valence-corrected chi connectivity index (χ3v) is 5.01. The van der Waals surface area contributed by atoms with Crippen molar-refractivity contribution in [2.24, 2.45) is 0 Å². The van der Waals surface area contributed by atoms with Gasteiger partial charge in [-0.3, -0.25) is 4.79 Å². The SMILES string of the molecule is CC(NC1CCC(=O)N(C)C1)c1nc2ccccc2s1. The van der Waals surface area contributed by atoms with Crippen molar-refractivity contribution >= 4 is 27.5 Å². The first kappa shape index (κ1) is 13.5. The van der Waals surface area contributed by atoms with Crippen molar-refractivity contribution in [2.75, 3.05) is 13.6 Å². The number of nitrogens with one attached hydrogen (secondary N) is 1. The van der Waals surface area contributed by atoms with Crippen LogP contribution in [0.5, 0.6) is 0 Å². The number of likely N-dealkylation sites (N-methyl/N-ethyl adjacent to an activating group) is 1. The maximum absolute atomic E-state index is 11.5. The molecule has 1 aliphatic heterocycles. The Morgan fingerprint density at radius 2 is 2.25 bits per heavy atom. The van der Waals surface area contributed by atoms with Gasteiger partial charge in [0.25, 0.3) is 0 Å². The zero-order chi connectivity index (χ0) is 14.1. The van der Waals surface area contributed by atoms with E-state index in [0.29, 0.717) is 12.5 Å². The summed E-state index contributed by atoms with van der Waals surface area (Å²) in [7, 11) is 1.87. The number of carbonyl (C=O) groups excluding carboxylic acids is 1.